The van der Waals surface area contributed by atoms with Crippen LogP contribution in [0.5, 0.6) is 0 Å². The smallest absolute Gasteiger partial charge is 0 e. The predicted molar refractivity (Wildman–Crippen MR) is 60.3 cm³/mol. The topological polar surface area (TPSA) is 0 Å². The molecule has 3 aromatic rings. The van der Waals surface area contributed by atoms with Gasteiger partial charge in [0.15, 0.2) is 0 Å². The zero-order valence-corrected chi connectivity index (χ0v) is 9.93. The summed E-state index contributed by atoms with van der Waals surface area (Å²) in [4.78, 5) is 0. The van der Waals surface area contributed by atoms with Crippen LogP contribution >= 0.6 is 0 Å². The average Bonchev–Trinajstić information content (AvgIpc) is 2.29. The van der Waals surface area contributed by atoms with E-state index < -0.39 is 0 Å². The van der Waals surface area contributed by atoms with Crippen LogP contribution in [-0.2, 0) is 0 Å². The normalized spacial score (nSPS) is 10.1. The summed E-state index contributed by atoms with van der Waals surface area (Å²) in [6, 6.07) is 22.1. The maximum atomic E-state index is 3.29. The van der Waals surface area contributed by atoms with Gasteiger partial charge in [-0.15, -0.1) is 35.0 Å². The summed E-state index contributed by atoms with van der Waals surface area (Å²) >= 11 is 0. The Morgan fingerprint density at radius 1 is 0.733 bits per heavy atom. The Kier molecular flexibility index (Phi) is 3.30. The Bertz CT molecular complexity index is 544. The van der Waals surface area contributed by atoms with Gasteiger partial charge >= 0.3 is 0 Å². The molecule has 0 spiro atoms. The number of hydrogen-bond acceptors (Lipinski definition) is 0. The zero-order chi connectivity index (χ0) is 9.38. The van der Waals surface area contributed by atoms with E-state index in [1.807, 2.05) is 6.07 Å². The van der Waals surface area contributed by atoms with Crippen LogP contribution in [0.3, 0.4) is 0 Å². The third-order valence-electron chi connectivity index (χ3n) is 2.56. The molecular weight excluding hydrogens is 333 g/mol. The quantitative estimate of drug-likeness (QED) is 0.331. The second-order valence-electron chi connectivity index (χ2n) is 3.42. The van der Waals surface area contributed by atoms with Gasteiger partial charge in [-0.3, -0.25) is 0 Å². The molecule has 0 nitrogen and oxygen atoms in total. The molecule has 0 unspecified atom stereocenters. The molecule has 0 saturated heterocycles. The minimum Gasteiger partial charge on any atom is -0.143 e. The number of rotatable bonds is 0. The largest absolute Gasteiger partial charge is 0.143 e. The van der Waals surface area contributed by atoms with Gasteiger partial charge in [-0.1, -0.05) is 47.2 Å². The van der Waals surface area contributed by atoms with Crippen molar-refractivity contribution in [3.05, 3.63) is 60.7 Å². The summed E-state index contributed by atoms with van der Waals surface area (Å²) in [6.45, 7) is 0. The van der Waals surface area contributed by atoms with Gasteiger partial charge < -0.3 is 0 Å². The third kappa shape index (κ3) is 1.90. The molecule has 0 aromatic heterocycles. The summed E-state index contributed by atoms with van der Waals surface area (Å²) in [5, 5.41) is 5.03. The standard InChI is InChI=1S/C14H9.Ho/c1-3-7-13-11(5-1)9-10-12-6-2-4-8-14(12)13;/h1-9H;/q-1;. The monoisotopic (exact) mass is 342 g/mol. The first-order valence-corrected chi connectivity index (χ1v) is 4.73. The van der Waals surface area contributed by atoms with E-state index in [2.05, 4.69) is 54.6 Å². The van der Waals surface area contributed by atoms with Crippen LogP contribution in [0.15, 0.2) is 54.6 Å². The number of fused-ring (bicyclic) bond motifs is 3. The minimum absolute atomic E-state index is 0. The maximum Gasteiger partial charge on any atom is 0 e. The van der Waals surface area contributed by atoms with E-state index >= 15 is 0 Å². The number of hydrogen-bond donors (Lipinski definition) is 0. The van der Waals surface area contributed by atoms with Gasteiger partial charge in [0.1, 0.15) is 0 Å². The van der Waals surface area contributed by atoms with E-state index in [0.29, 0.717) is 0 Å². The molecule has 0 aliphatic heterocycles. The molecule has 0 bridgehead atoms. The van der Waals surface area contributed by atoms with Crippen molar-refractivity contribution in [1.82, 2.24) is 0 Å². The minimum atomic E-state index is 0. The maximum absolute atomic E-state index is 3.29. The molecule has 3 aromatic carbocycles. The van der Waals surface area contributed by atoms with Crippen molar-refractivity contribution in [1.29, 1.82) is 0 Å². The molecule has 3 rings (SSSR count). The molecule has 0 atom stereocenters. The summed E-state index contributed by atoms with van der Waals surface area (Å²) in [7, 11) is 0. The van der Waals surface area contributed by atoms with E-state index in [-0.39, 0.29) is 37.7 Å². The fourth-order valence-electron chi connectivity index (χ4n) is 1.87. The first-order valence-electron chi connectivity index (χ1n) is 4.73. The van der Waals surface area contributed by atoms with E-state index in [1.165, 1.54) is 21.5 Å². The van der Waals surface area contributed by atoms with E-state index in [0.717, 1.165) is 0 Å². The number of benzene rings is 3. The summed E-state index contributed by atoms with van der Waals surface area (Å²) < 4.78 is 0. The van der Waals surface area contributed by atoms with Crippen molar-refractivity contribution in [2.45, 2.75) is 0 Å². The van der Waals surface area contributed by atoms with Crippen molar-refractivity contribution in [3.63, 3.8) is 0 Å². The fourth-order valence-corrected chi connectivity index (χ4v) is 1.87. The van der Waals surface area contributed by atoms with Crippen molar-refractivity contribution in [2.24, 2.45) is 0 Å². The molecule has 0 saturated carbocycles. The second-order valence-corrected chi connectivity index (χ2v) is 3.42. The van der Waals surface area contributed by atoms with Crippen molar-refractivity contribution in [2.75, 3.05) is 0 Å². The molecule has 0 fully saturated rings. The molecule has 15 heavy (non-hydrogen) atoms. The molecular formula is C14H9Ho-. The molecule has 1 radical (unpaired) electrons. The molecule has 0 aliphatic rings. The van der Waals surface area contributed by atoms with Crippen LogP contribution < -0.4 is 0 Å². The van der Waals surface area contributed by atoms with Crippen LogP contribution in [0.2, 0.25) is 0 Å². The first kappa shape index (κ1) is 10.9. The summed E-state index contributed by atoms with van der Waals surface area (Å²) in [5.41, 5.74) is 0. The molecule has 1 heteroatoms. The van der Waals surface area contributed by atoms with Crippen LogP contribution in [-0.4, -0.2) is 0 Å². The Morgan fingerprint density at radius 3 is 2.27 bits per heavy atom. The zero-order valence-electron chi connectivity index (χ0n) is 8.00. The van der Waals surface area contributed by atoms with Crippen LogP contribution in [0, 0.1) is 43.8 Å². The molecule has 0 aliphatic carbocycles. The Hall–Kier alpha value is -0.560. The summed E-state index contributed by atoms with van der Waals surface area (Å²) in [6.07, 6.45) is 0. The van der Waals surface area contributed by atoms with Gasteiger partial charge in [-0.05, 0) is 0 Å². The SMILES string of the molecule is [Ho].[c-]1cc2ccccc2c2ccccc12. The molecule has 0 N–H and O–H groups in total. The summed E-state index contributed by atoms with van der Waals surface area (Å²) in [5.74, 6) is 0. The predicted octanol–water partition coefficient (Wildman–Crippen LogP) is 3.79. The van der Waals surface area contributed by atoms with Crippen LogP contribution in [0.4, 0.5) is 0 Å². The van der Waals surface area contributed by atoms with E-state index in [9.17, 15) is 0 Å². The van der Waals surface area contributed by atoms with Gasteiger partial charge in [0.25, 0.3) is 0 Å². The van der Waals surface area contributed by atoms with Gasteiger partial charge in [0.2, 0.25) is 0 Å². The molecule has 0 heterocycles. The Morgan fingerprint density at radius 2 is 1.40 bits per heavy atom. The van der Waals surface area contributed by atoms with Crippen molar-refractivity contribution >= 4 is 21.5 Å². The van der Waals surface area contributed by atoms with Gasteiger partial charge in [-0.2, -0.15) is 0 Å². The average molecular weight is 342 g/mol. The Balaban J connectivity index is 0.000000853. The fraction of sp³-hybridized carbons (Fsp3) is 0. The second kappa shape index (κ2) is 4.52. The van der Waals surface area contributed by atoms with Gasteiger partial charge in [0.05, 0.1) is 0 Å². The Labute approximate surface area is 119 Å². The molecule has 0 amide bonds. The molecule has 77 valence electrons. The van der Waals surface area contributed by atoms with Crippen LogP contribution in [0.25, 0.3) is 21.5 Å². The van der Waals surface area contributed by atoms with Crippen molar-refractivity contribution < 1.29 is 37.7 Å². The first-order chi connectivity index (χ1) is 6.95. The van der Waals surface area contributed by atoms with E-state index in [4.69, 9.17) is 0 Å². The van der Waals surface area contributed by atoms with E-state index in [1.54, 1.807) is 0 Å². The van der Waals surface area contributed by atoms with Gasteiger partial charge in [-0.25, -0.2) is 0 Å². The van der Waals surface area contributed by atoms with Crippen molar-refractivity contribution in [3.8, 4) is 0 Å². The van der Waals surface area contributed by atoms with Gasteiger partial charge in [0, 0.05) is 37.7 Å². The van der Waals surface area contributed by atoms with Crippen LogP contribution in [0.1, 0.15) is 0 Å². The third-order valence-corrected chi connectivity index (χ3v) is 2.56.